The Kier molecular flexibility index (Phi) is 2.11. The second-order valence-electron chi connectivity index (χ2n) is 1.83. The van der Waals surface area contributed by atoms with Gasteiger partial charge in [0.1, 0.15) is 11.9 Å². The molecule has 1 heterocycles. The smallest absolute Gasteiger partial charge is 0.137 e. The number of hydrogen-bond donors (Lipinski definition) is 1. The maximum Gasteiger partial charge on any atom is 0.137 e. The van der Waals surface area contributed by atoms with E-state index in [4.69, 9.17) is 9.52 Å². The molecule has 0 spiro atoms. The molecular weight excluding hydrogens is 128 g/mol. The Morgan fingerprint density at radius 1 is 1.80 bits per heavy atom. The van der Waals surface area contributed by atoms with Crippen molar-refractivity contribution in [2.45, 2.75) is 6.10 Å². The van der Waals surface area contributed by atoms with Crippen LogP contribution in [-0.2, 0) is 0 Å². The van der Waals surface area contributed by atoms with Crippen molar-refractivity contribution >= 4 is 0 Å². The Hall–Kier alpha value is -1.24. The first kappa shape index (κ1) is 6.87. The summed E-state index contributed by atoms with van der Waals surface area (Å²) in [6.07, 6.45) is 2.22. The number of hydrogen-bond acceptors (Lipinski definition) is 2. The van der Waals surface area contributed by atoms with Crippen molar-refractivity contribution in [3.63, 3.8) is 0 Å². The molecule has 1 N–H and O–H groups in total. The fourth-order valence-electron chi connectivity index (χ4n) is 0.653. The Morgan fingerprint density at radius 2 is 2.60 bits per heavy atom. The zero-order chi connectivity index (χ0) is 7.40. The van der Waals surface area contributed by atoms with Gasteiger partial charge in [-0.2, -0.15) is 0 Å². The van der Waals surface area contributed by atoms with Gasteiger partial charge in [0.05, 0.1) is 6.26 Å². The molecule has 2 nitrogen and oxygen atoms in total. The number of rotatable bonds is 2. The van der Waals surface area contributed by atoms with Crippen molar-refractivity contribution in [3.8, 4) is 0 Å². The lowest BCUT2D eigenvalue weighted by atomic mass is 10.3. The van der Waals surface area contributed by atoms with Crippen LogP contribution in [0.5, 0.6) is 0 Å². The Morgan fingerprint density at radius 3 is 3.10 bits per heavy atom. The third kappa shape index (κ3) is 1.38. The lowest BCUT2D eigenvalue weighted by molar-refractivity contribution is 0.197. The van der Waals surface area contributed by atoms with Gasteiger partial charge in [0.2, 0.25) is 0 Å². The van der Waals surface area contributed by atoms with Gasteiger partial charge in [0.25, 0.3) is 0 Å². The normalized spacial score (nSPS) is 12.1. The van der Waals surface area contributed by atoms with E-state index in [0.29, 0.717) is 5.76 Å². The molecule has 0 aliphatic heterocycles. The predicted molar refractivity (Wildman–Crippen MR) is 37.4 cm³/mol. The lowest BCUT2D eigenvalue weighted by Gasteiger charge is -1.96. The number of aliphatic hydroxyl groups excluding tert-OH is 1. The summed E-state index contributed by atoms with van der Waals surface area (Å²) in [5.41, 5.74) is 2.47. The van der Waals surface area contributed by atoms with Crippen LogP contribution in [0.4, 0.5) is 0 Å². The summed E-state index contributed by atoms with van der Waals surface area (Å²) in [6, 6.07) is 3.41. The largest absolute Gasteiger partial charge is 0.466 e. The zero-order valence-corrected chi connectivity index (χ0v) is 5.45. The van der Waals surface area contributed by atoms with Crippen LogP contribution in [-0.4, -0.2) is 5.11 Å². The molecule has 0 fully saturated rings. The summed E-state index contributed by atoms with van der Waals surface area (Å²) in [4.78, 5) is 0. The van der Waals surface area contributed by atoms with Gasteiger partial charge in [0, 0.05) is 0 Å². The Labute approximate surface area is 59.1 Å². The number of aliphatic hydroxyl groups is 1. The highest BCUT2D eigenvalue weighted by Gasteiger charge is 2.03. The van der Waals surface area contributed by atoms with E-state index in [9.17, 15) is 0 Å². The lowest BCUT2D eigenvalue weighted by Crippen LogP contribution is -1.87. The van der Waals surface area contributed by atoms with E-state index in [1.807, 2.05) is 0 Å². The van der Waals surface area contributed by atoms with Crippen LogP contribution in [0.25, 0.3) is 0 Å². The molecule has 0 amide bonds. The van der Waals surface area contributed by atoms with Crippen molar-refractivity contribution < 1.29 is 9.52 Å². The fourth-order valence-corrected chi connectivity index (χ4v) is 0.653. The van der Waals surface area contributed by atoms with Crippen LogP contribution in [0, 0.1) is 0 Å². The molecule has 10 heavy (non-hydrogen) atoms. The summed E-state index contributed by atoms with van der Waals surface area (Å²) < 4.78 is 4.90. The van der Waals surface area contributed by atoms with Crippen molar-refractivity contribution in [3.05, 3.63) is 42.5 Å². The van der Waals surface area contributed by atoms with Crippen molar-refractivity contribution in [1.82, 2.24) is 0 Å². The average molecular weight is 136 g/mol. The second kappa shape index (κ2) is 3.06. The minimum atomic E-state index is -0.715. The summed E-state index contributed by atoms with van der Waals surface area (Å²) in [7, 11) is 0. The van der Waals surface area contributed by atoms with E-state index in [-0.39, 0.29) is 0 Å². The maximum absolute atomic E-state index is 9.16. The number of furan rings is 1. The minimum Gasteiger partial charge on any atom is -0.466 e. The van der Waals surface area contributed by atoms with Gasteiger partial charge in [0.15, 0.2) is 0 Å². The molecule has 0 aromatic carbocycles. The van der Waals surface area contributed by atoms with Gasteiger partial charge >= 0.3 is 0 Å². The highest BCUT2D eigenvalue weighted by molar-refractivity contribution is 5.07. The third-order valence-corrected chi connectivity index (χ3v) is 1.11. The first-order valence-corrected chi connectivity index (χ1v) is 2.92. The van der Waals surface area contributed by atoms with E-state index in [1.54, 1.807) is 12.1 Å². The molecule has 52 valence electrons. The highest BCUT2D eigenvalue weighted by Crippen LogP contribution is 2.12. The molecule has 0 saturated heterocycles. The van der Waals surface area contributed by atoms with Crippen molar-refractivity contribution in [2.24, 2.45) is 0 Å². The van der Waals surface area contributed by atoms with Gasteiger partial charge in [-0.25, -0.2) is 0 Å². The monoisotopic (exact) mass is 136 g/mol. The quantitative estimate of drug-likeness (QED) is 0.627. The van der Waals surface area contributed by atoms with Gasteiger partial charge in [-0.05, 0) is 18.2 Å². The molecule has 0 aliphatic rings. The molecule has 0 aliphatic carbocycles. The van der Waals surface area contributed by atoms with Crippen LogP contribution >= 0.6 is 0 Å². The van der Waals surface area contributed by atoms with Gasteiger partial charge in [-0.1, -0.05) is 6.58 Å². The molecule has 1 rings (SSSR count). The third-order valence-electron chi connectivity index (χ3n) is 1.11. The molecular formula is C8H8O2. The second-order valence-corrected chi connectivity index (χ2v) is 1.83. The van der Waals surface area contributed by atoms with E-state index < -0.39 is 6.10 Å². The molecule has 0 unspecified atom stereocenters. The minimum absolute atomic E-state index is 0.510. The molecule has 0 saturated carbocycles. The topological polar surface area (TPSA) is 33.4 Å². The van der Waals surface area contributed by atoms with Crippen LogP contribution in [0.1, 0.15) is 11.9 Å². The van der Waals surface area contributed by atoms with Crippen LogP contribution in [0.3, 0.4) is 0 Å². The van der Waals surface area contributed by atoms with E-state index in [1.165, 1.54) is 12.3 Å². The standard InChI is InChI=1S/C8H8O2/c1-2-4-7(9)8-5-3-6-10-8/h3-7,9H,1H2/t7-/m1/s1. The van der Waals surface area contributed by atoms with Crippen LogP contribution in [0.2, 0.25) is 0 Å². The molecule has 1 aromatic heterocycles. The Bertz CT molecular complexity index is 230. The summed E-state index contributed by atoms with van der Waals surface area (Å²) in [6.45, 7) is 3.33. The molecule has 0 bridgehead atoms. The van der Waals surface area contributed by atoms with E-state index in [2.05, 4.69) is 12.3 Å². The molecule has 1 aromatic rings. The molecule has 0 radical (unpaired) electrons. The predicted octanol–water partition coefficient (Wildman–Crippen LogP) is 1.65. The van der Waals surface area contributed by atoms with Gasteiger partial charge in [-0.3, -0.25) is 0 Å². The summed E-state index contributed by atoms with van der Waals surface area (Å²) in [5, 5.41) is 9.16. The maximum atomic E-state index is 9.16. The first-order chi connectivity index (χ1) is 4.84. The van der Waals surface area contributed by atoms with Gasteiger partial charge < -0.3 is 9.52 Å². The van der Waals surface area contributed by atoms with Crippen LogP contribution in [0.15, 0.2) is 41.2 Å². The van der Waals surface area contributed by atoms with E-state index >= 15 is 0 Å². The van der Waals surface area contributed by atoms with E-state index in [0.717, 1.165) is 0 Å². The average Bonchev–Trinajstić information content (AvgIpc) is 2.38. The SMILES string of the molecule is C=C=C[C@@H](O)c1ccco1. The molecule has 2 heteroatoms. The molecule has 1 atom stereocenters. The van der Waals surface area contributed by atoms with Crippen LogP contribution < -0.4 is 0 Å². The van der Waals surface area contributed by atoms with Crippen molar-refractivity contribution in [1.29, 1.82) is 0 Å². The Balaban J connectivity index is 2.76. The summed E-state index contributed by atoms with van der Waals surface area (Å²) in [5.74, 6) is 0.510. The van der Waals surface area contributed by atoms with Gasteiger partial charge in [-0.15, -0.1) is 5.73 Å². The first-order valence-electron chi connectivity index (χ1n) is 2.92. The summed E-state index contributed by atoms with van der Waals surface area (Å²) >= 11 is 0. The zero-order valence-electron chi connectivity index (χ0n) is 5.45. The van der Waals surface area contributed by atoms with Crippen molar-refractivity contribution in [2.75, 3.05) is 0 Å². The fraction of sp³-hybridized carbons (Fsp3) is 0.125. The highest BCUT2D eigenvalue weighted by atomic mass is 16.4.